The van der Waals surface area contributed by atoms with Gasteiger partial charge in [-0.3, -0.25) is 4.79 Å². The normalized spacial score (nSPS) is 17.9. The Balaban J connectivity index is 1.30. The lowest BCUT2D eigenvalue weighted by Gasteiger charge is -2.33. The predicted molar refractivity (Wildman–Crippen MR) is 156 cm³/mol. The van der Waals surface area contributed by atoms with Crippen molar-refractivity contribution in [2.24, 2.45) is 5.92 Å². The van der Waals surface area contributed by atoms with Crippen LogP contribution >= 0.6 is 0 Å². The first kappa shape index (κ1) is 29.1. The highest BCUT2D eigenvalue weighted by molar-refractivity contribution is 5.99. The van der Waals surface area contributed by atoms with Crippen LogP contribution in [0.1, 0.15) is 31.7 Å². The molecule has 1 atom stereocenters. The molecule has 2 saturated heterocycles. The lowest BCUT2D eigenvalue weighted by atomic mass is 9.95. The number of amides is 1. The zero-order valence-electron chi connectivity index (χ0n) is 23.6. The predicted octanol–water partition coefficient (Wildman–Crippen LogP) is 4.90. The highest BCUT2D eigenvalue weighted by Gasteiger charge is 2.31. The van der Waals surface area contributed by atoms with E-state index in [2.05, 4.69) is 21.4 Å². The molecular formula is C31H29F3N8O2. The van der Waals surface area contributed by atoms with E-state index in [1.807, 2.05) is 0 Å². The van der Waals surface area contributed by atoms with Crippen molar-refractivity contribution in [2.75, 3.05) is 31.9 Å². The summed E-state index contributed by atoms with van der Waals surface area (Å²) in [4.78, 5) is 23.5. The topological polar surface area (TPSA) is 135 Å². The van der Waals surface area contributed by atoms with Gasteiger partial charge in [-0.15, -0.1) is 0 Å². The Morgan fingerprint density at radius 2 is 1.93 bits per heavy atom. The summed E-state index contributed by atoms with van der Waals surface area (Å²) in [5.74, 6) is -3.49. The van der Waals surface area contributed by atoms with Gasteiger partial charge in [-0.2, -0.15) is 14.8 Å². The molecule has 0 saturated carbocycles. The molecule has 0 spiro atoms. The summed E-state index contributed by atoms with van der Waals surface area (Å²) >= 11 is 0. The summed E-state index contributed by atoms with van der Waals surface area (Å²) in [5, 5.41) is 18.1. The van der Waals surface area contributed by atoms with Gasteiger partial charge in [0.2, 0.25) is 5.82 Å². The summed E-state index contributed by atoms with van der Waals surface area (Å²) in [6, 6.07) is 9.11. The lowest BCUT2D eigenvalue weighted by Crippen LogP contribution is -2.41. The highest BCUT2D eigenvalue weighted by atomic mass is 19.2. The maximum atomic E-state index is 15.5. The van der Waals surface area contributed by atoms with E-state index in [-0.39, 0.29) is 58.6 Å². The molecular weight excluding hydrogens is 573 g/mol. The minimum Gasteiger partial charge on any atom is -0.454 e. The molecule has 2 aromatic heterocycles. The second kappa shape index (κ2) is 12.3. The quantitative estimate of drug-likeness (QED) is 0.235. The highest BCUT2D eigenvalue weighted by Crippen LogP contribution is 2.37. The van der Waals surface area contributed by atoms with E-state index < -0.39 is 17.5 Å². The Morgan fingerprint density at radius 3 is 2.70 bits per heavy atom. The molecule has 10 nitrogen and oxygen atoms in total. The fourth-order valence-electron chi connectivity index (χ4n) is 5.79. The van der Waals surface area contributed by atoms with Gasteiger partial charge < -0.3 is 20.7 Å². The molecule has 0 aliphatic carbocycles. The van der Waals surface area contributed by atoms with Crippen molar-refractivity contribution >= 4 is 22.8 Å². The molecule has 3 N–H and O–H groups in total. The number of nitrogens with two attached hydrogens (primary N) is 1. The summed E-state index contributed by atoms with van der Waals surface area (Å²) in [6.07, 6.45) is 6.16. The molecule has 4 heterocycles. The van der Waals surface area contributed by atoms with Gasteiger partial charge in [-0.05, 0) is 69.0 Å². The smallest absolute Gasteiger partial charge is 0.264 e. The maximum absolute atomic E-state index is 15.5. The van der Waals surface area contributed by atoms with Gasteiger partial charge >= 0.3 is 0 Å². The van der Waals surface area contributed by atoms with Crippen LogP contribution in [0.2, 0.25) is 0 Å². The zero-order valence-corrected chi connectivity index (χ0v) is 23.6. The minimum absolute atomic E-state index is 0.0454. The second-order valence-corrected chi connectivity index (χ2v) is 10.9. The van der Waals surface area contributed by atoms with Crippen molar-refractivity contribution in [3.63, 3.8) is 0 Å². The maximum Gasteiger partial charge on any atom is 0.264 e. The monoisotopic (exact) mass is 602 g/mol. The van der Waals surface area contributed by atoms with E-state index in [1.165, 1.54) is 30.6 Å². The molecule has 1 amide bonds. The molecule has 0 bridgehead atoms. The first-order valence-corrected chi connectivity index (χ1v) is 14.4. The van der Waals surface area contributed by atoms with Crippen molar-refractivity contribution < 1.29 is 22.7 Å². The zero-order chi connectivity index (χ0) is 30.8. The van der Waals surface area contributed by atoms with Crippen molar-refractivity contribution in [1.29, 1.82) is 5.26 Å². The molecule has 4 aromatic rings. The summed E-state index contributed by atoms with van der Waals surface area (Å²) in [6.45, 7) is 2.47. The van der Waals surface area contributed by atoms with Gasteiger partial charge in [-0.1, -0.05) is 12.1 Å². The average Bonchev–Trinajstić information content (AvgIpc) is 3.43. The van der Waals surface area contributed by atoms with E-state index in [9.17, 15) is 18.8 Å². The molecule has 2 fully saturated rings. The Labute approximate surface area is 250 Å². The standard InChI is InChI=1S/C31H29F3N8O2/c32-23-4-1-5-25(27(23)34)44-21-6-7-22(24(33)14-21)28-26-29(36)38-17-39-30(26)42(40-28)20-3-2-12-41(16-20)31(43)19(15-35)13-18-8-10-37-11-9-18/h1,4-7,13-14,17-18,20,37H,2-3,8-12,16H2,(H2,36,38,39). The Bertz CT molecular complexity index is 1790. The lowest BCUT2D eigenvalue weighted by molar-refractivity contribution is -0.128. The fourth-order valence-corrected chi connectivity index (χ4v) is 5.79. The number of hydrogen-bond acceptors (Lipinski definition) is 8. The number of nitrogens with zero attached hydrogens (tertiary/aromatic N) is 6. The first-order chi connectivity index (χ1) is 21.3. The SMILES string of the molecule is N#CC(=CC1CCNCC1)C(=O)N1CCCC(n2nc(-c3ccc(Oc4cccc(F)c4F)cc3F)c3c(N)ncnc32)C1. The molecule has 2 aromatic carbocycles. The van der Waals surface area contributed by atoms with Crippen molar-refractivity contribution in [3.8, 4) is 28.8 Å². The third kappa shape index (κ3) is 5.68. The van der Waals surface area contributed by atoms with Crippen LogP contribution in [0.5, 0.6) is 11.5 Å². The number of likely N-dealkylation sites (tertiary alicyclic amines) is 1. The Hall–Kier alpha value is -4.96. The van der Waals surface area contributed by atoms with Gasteiger partial charge in [0, 0.05) is 24.7 Å². The van der Waals surface area contributed by atoms with E-state index >= 15 is 4.39 Å². The Kier molecular flexibility index (Phi) is 8.17. The fraction of sp³-hybridized carbons (Fsp3) is 0.323. The molecule has 0 radical (unpaired) electrons. The summed E-state index contributed by atoms with van der Waals surface area (Å²) < 4.78 is 50.3. The molecule has 226 valence electrons. The van der Waals surface area contributed by atoms with Crippen molar-refractivity contribution in [2.45, 2.75) is 31.7 Å². The number of nitriles is 1. The number of fused-ring (bicyclic) bond motifs is 1. The van der Waals surface area contributed by atoms with Crippen LogP contribution in [-0.4, -0.2) is 56.7 Å². The average molecular weight is 603 g/mol. The number of halogens is 3. The molecule has 6 rings (SSSR count). The van der Waals surface area contributed by atoms with Crippen LogP contribution in [0.25, 0.3) is 22.3 Å². The third-order valence-corrected chi connectivity index (χ3v) is 8.02. The first-order valence-electron chi connectivity index (χ1n) is 14.4. The van der Waals surface area contributed by atoms with Crippen LogP contribution in [0.3, 0.4) is 0 Å². The van der Waals surface area contributed by atoms with E-state index in [4.69, 9.17) is 15.6 Å². The van der Waals surface area contributed by atoms with E-state index in [0.717, 1.165) is 38.1 Å². The van der Waals surface area contributed by atoms with E-state index in [1.54, 1.807) is 15.7 Å². The number of ether oxygens (including phenoxy) is 1. The van der Waals surface area contributed by atoms with Crippen molar-refractivity contribution in [3.05, 3.63) is 71.8 Å². The van der Waals surface area contributed by atoms with E-state index in [0.29, 0.717) is 30.4 Å². The number of allylic oxidation sites excluding steroid dienone is 1. The van der Waals surface area contributed by atoms with Gasteiger partial charge in [0.1, 0.15) is 41.0 Å². The number of aromatic nitrogens is 4. The molecule has 44 heavy (non-hydrogen) atoms. The molecule has 13 heteroatoms. The summed E-state index contributed by atoms with van der Waals surface area (Å²) in [7, 11) is 0. The minimum atomic E-state index is -1.18. The number of hydrogen-bond donors (Lipinski definition) is 2. The van der Waals surface area contributed by atoms with Crippen LogP contribution < -0.4 is 15.8 Å². The van der Waals surface area contributed by atoms with Crippen LogP contribution in [0.15, 0.2) is 54.4 Å². The van der Waals surface area contributed by atoms with Crippen LogP contribution in [-0.2, 0) is 4.79 Å². The van der Waals surface area contributed by atoms with Crippen LogP contribution in [0.4, 0.5) is 19.0 Å². The number of nitrogens with one attached hydrogen (secondary N) is 1. The summed E-state index contributed by atoms with van der Waals surface area (Å²) in [5.41, 5.74) is 7.00. The van der Waals surface area contributed by atoms with Gasteiger partial charge in [0.25, 0.3) is 5.91 Å². The number of rotatable bonds is 6. The number of carbonyl (C=O) groups is 1. The molecule has 2 aliphatic heterocycles. The largest absolute Gasteiger partial charge is 0.454 e. The molecule has 1 unspecified atom stereocenters. The third-order valence-electron chi connectivity index (χ3n) is 8.02. The van der Waals surface area contributed by atoms with Gasteiger partial charge in [-0.25, -0.2) is 23.4 Å². The van der Waals surface area contributed by atoms with Crippen LogP contribution in [0, 0.1) is 34.7 Å². The number of piperidine rings is 2. The molecule has 2 aliphatic rings. The number of anilines is 1. The number of benzene rings is 2. The Morgan fingerprint density at radius 1 is 1.11 bits per heavy atom. The number of carbonyl (C=O) groups excluding carboxylic acids is 1. The van der Waals surface area contributed by atoms with Gasteiger partial charge in [0.15, 0.2) is 17.2 Å². The second-order valence-electron chi connectivity index (χ2n) is 10.9. The van der Waals surface area contributed by atoms with Crippen molar-refractivity contribution in [1.82, 2.24) is 30.0 Å². The van der Waals surface area contributed by atoms with Gasteiger partial charge in [0.05, 0.1) is 11.4 Å². The number of nitrogen functional groups attached to an aromatic ring is 1.